The molecule has 44 valence electrons. The molecule has 8 heavy (non-hydrogen) atoms. The zero-order chi connectivity index (χ0) is 5.98. The Hall–Kier alpha value is -0.190. The van der Waals surface area contributed by atoms with Gasteiger partial charge in [-0.15, -0.1) is 0 Å². The Morgan fingerprint density at radius 1 is 1.75 bits per heavy atom. The molecule has 1 atom stereocenters. The van der Waals surface area contributed by atoms with Crippen LogP contribution in [-0.4, -0.2) is 8.76 Å². The lowest BCUT2D eigenvalue weighted by atomic mass is 10.7. The van der Waals surface area contributed by atoms with Crippen molar-refractivity contribution in [2.45, 2.75) is 4.90 Å². The summed E-state index contributed by atoms with van der Waals surface area (Å²) in [4.78, 5) is 0.370. The molecular formula is C4H3O2S2-. The highest BCUT2D eigenvalue weighted by Crippen LogP contribution is 2.08. The molecule has 0 saturated heterocycles. The topological polar surface area (TPSA) is 40.1 Å². The molecule has 0 aliphatic carbocycles. The van der Waals surface area contributed by atoms with Crippen LogP contribution in [0.3, 0.4) is 0 Å². The number of thiophene rings is 1. The Balaban J connectivity index is 2.93. The lowest BCUT2D eigenvalue weighted by molar-refractivity contribution is 0.537. The second-order valence-electron chi connectivity index (χ2n) is 1.19. The fourth-order valence-corrected chi connectivity index (χ4v) is 1.61. The number of rotatable bonds is 1. The van der Waals surface area contributed by atoms with Gasteiger partial charge in [0.25, 0.3) is 0 Å². The molecule has 0 aliphatic rings. The molecule has 0 fully saturated rings. The molecule has 0 aliphatic heterocycles. The molecule has 2 nitrogen and oxygen atoms in total. The van der Waals surface area contributed by atoms with E-state index < -0.39 is 11.1 Å². The number of hydrogen-bond acceptors (Lipinski definition) is 3. The van der Waals surface area contributed by atoms with Crippen LogP contribution in [0.2, 0.25) is 0 Å². The van der Waals surface area contributed by atoms with Gasteiger partial charge in [0.15, 0.2) is 0 Å². The summed E-state index contributed by atoms with van der Waals surface area (Å²) in [7, 11) is 0. The van der Waals surface area contributed by atoms with Gasteiger partial charge in [0, 0.05) is 10.3 Å². The molecule has 1 rings (SSSR count). The predicted octanol–water partition coefficient (Wildman–Crippen LogP) is 0.986. The first-order chi connectivity index (χ1) is 3.80. The molecule has 0 bridgehead atoms. The Morgan fingerprint density at radius 3 is 2.75 bits per heavy atom. The van der Waals surface area contributed by atoms with Gasteiger partial charge in [-0.1, -0.05) is 0 Å². The van der Waals surface area contributed by atoms with E-state index in [0.29, 0.717) is 4.90 Å². The molecule has 1 heterocycles. The van der Waals surface area contributed by atoms with Crippen molar-refractivity contribution >= 4 is 22.4 Å². The summed E-state index contributed by atoms with van der Waals surface area (Å²) in [6.07, 6.45) is 0. The Morgan fingerprint density at radius 2 is 2.50 bits per heavy atom. The summed E-state index contributed by atoms with van der Waals surface area (Å²) in [5.41, 5.74) is 0. The third-order valence-electron chi connectivity index (χ3n) is 0.688. The van der Waals surface area contributed by atoms with Crippen LogP contribution < -0.4 is 0 Å². The predicted molar refractivity (Wildman–Crippen MR) is 31.5 cm³/mol. The van der Waals surface area contributed by atoms with Crippen molar-refractivity contribution in [3.8, 4) is 0 Å². The zero-order valence-corrected chi connectivity index (χ0v) is 5.50. The highest BCUT2D eigenvalue weighted by atomic mass is 32.2. The molecule has 1 aromatic rings. The van der Waals surface area contributed by atoms with Crippen molar-refractivity contribution in [3.63, 3.8) is 0 Å². The molecule has 0 spiro atoms. The first-order valence-corrected chi connectivity index (χ1v) is 3.94. The van der Waals surface area contributed by atoms with E-state index in [-0.39, 0.29) is 0 Å². The molecule has 0 saturated carbocycles. The van der Waals surface area contributed by atoms with E-state index in [0.717, 1.165) is 0 Å². The molecule has 0 radical (unpaired) electrons. The highest BCUT2D eigenvalue weighted by molar-refractivity contribution is 7.79. The average molecular weight is 147 g/mol. The van der Waals surface area contributed by atoms with Gasteiger partial charge in [0.2, 0.25) is 0 Å². The van der Waals surface area contributed by atoms with E-state index in [4.69, 9.17) is 0 Å². The van der Waals surface area contributed by atoms with Gasteiger partial charge in [-0.25, -0.2) is 0 Å². The van der Waals surface area contributed by atoms with E-state index in [1.807, 2.05) is 0 Å². The van der Waals surface area contributed by atoms with Gasteiger partial charge in [0.1, 0.15) is 0 Å². The normalized spacial score (nSPS) is 13.6. The number of hydrogen-bond donors (Lipinski definition) is 0. The third kappa shape index (κ3) is 1.15. The zero-order valence-electron chi connectivity index (χ0n) is 3.87. The van der Waals surface area contributed by atoms with E-state index >= 15 is 0 Å². The van der Waals surface area contributed by atoms with Crippen LogP contribution in [0, 0.1) is 0 Å². The average Bonchev–Trinajstić information content (AvgIpc) is 2.12. The molecule has 0 amide bonds. The van der Waals surface area contributed by atoms with Crippen molar-refractivity contribution in [2.75, 3.05) is 0 Å². The van der Waals surface area contributed by atoms with Crippen molar-refractivity contribution in [1.82, 2.24) is 0 Å². The van der Waals surface area contributed by atoms with Crippen LogP contribution in [0.25, 0.3) is 0 Å². The molecule has 4 heteroatoms. The minimum absolute atomic E-state index is 0.370. The van der Waals surface area contributed by atoms with E-state index in [1.165, 1.54) is 11.3 Å². The minimum Gasteiger partial charge on any atom is -0.768 e. The quantitative estimate of drug-likeness (QED) is 0.556. The smallest absolute Gasteiger partial charge is 0.0355 e. The molecule has 1 unspecified atom stereocenters. The standard InChI is InChI=1S/C4H4O2S2/c5-8(6)4-1-2-7-3-4/h1-3H,(H,5,6)/p-1. The molecule has 1 aromatic heterocycles. The van der Waals surface area contributed by atoms with Crippen molar-refractivity contribution in [3.05, 3.63) is 16.8 Å². The second kappa shape index (κ2) is 2.39. The van der Waals surface area contributed by atoms with Crippen LogP contribution in [0.1, 0.15) is 0 Å². The molecule has 0 N–H and O–H groups in total. The first kappa shape index (κ1) is 5.94. The second-order valence-corrected chi connectivity index (χ2v) is 2.91. The summed E-state index contributed by atoms with van der Waals surface area (Å²) < 4.78 is 20.1. The fourth-order valence-electron chi connectivity index (χ4n) is 0.347. The van der Waals surface area contributed by atoms with E-state index in [9.17, 15) is 8.76 Å². The Labute approximate surface area is 53.4 Å². The van der Waals surface area contributed by atoms with Gasteiger partial charge < -0.3 is 4.55 Å². The third-order valence-corrected chi connectivity index (χ3v) is 2.16. The summed E-state index contributed by atoms with van der Waals surface area (Å²) in [6.45, 7) is 0. The summed E-state index contributed by atoms with van der Waals surface area (Å²) in [5.74, 6) is 0. The van der Waals surface area contributed by atoms with Gasteiger partial charge in [-0.05, 0) is 22.5 Å². The van der Waals surface area contributed by atoms with E-state index in [2.05, 4.69) is 0 Å². The van der Waals surface area contributed by atoms with Crippen LogP contribution in [0.4, 0.5) is 0 Å². The van der Waals surface area contributed by atoms with Crippen LogP contribution >= 0.6 is 11.3 Å². The van der Waals surface area contributed by atoms with Gasteiger partial charge in [-0.3, -0.25) is 4.21 Å². The van der Waals surface area contributed by atoms with Gasteiger partial charge in [-0.2, -0.15) is 11.3 Å². The van der Waals surface area contributed by atoms with Gasteiger partial charge in [0.05, 0.1) is 0 Å². The highest BCUT2D eigenvalue weighted by Gasteiger charge is 1.87. The summed E-state index contributed by atoms with van der Waals surface area (Å²) >= 11 is -0.663. The SMILES string of the molecule is O=S([O-])c1ccsc1. The first-order valence-electron chi connectivity index (χ1n) is 1.92. The van der Waals surface area contributed by atoms with Crippen LogP contribution in [0.15, 0.2) is 21.7 Å². The van der Waals surface area contributed by atoms with Gasteiger partial charge >= 0.3 is 0 Å². The van der Waals surface area contributed by atoms with Crippen LogP contribution in [0.5, 0.6) is 0 Å². The molecule has 0 aromatic carbocycles. The monoisotopic (exact) mass is 147 g/mol. The maximum Gasteiger partial charge on any atom is 0.0355 e. The lowest BCUT2D eigenvalue weighted by Crippen LogP contribution is -1.82. The maximum atomic E-state index is 10.1. The largest absolute Gasteiger partial charge is 0.768 e. The minimum atomic E-state index is -2.04. The van der Waals surface area contributed by atoms with Crippen molar-refractivity contribution < 1.29 is 8.76 Å². The summed E-state index contributed by atoms with van der Waals surface area (Å²) in [5, 5.41) is 3.31. The fraction of sp³-hybridized carbons (Fsp3) is 0. The van der Waals surface area contributed by atoms with Crippen molar-refractivity contribution in [1.29, 1.82) is 0 Å². The lowest BCUT2D eigenvalue weighted by Gasteiger charge is -1.97. The van der Waals surface area contributed by atoms with Crippen LogP contribution in [-0.2, 0) is 11.1 Å². The molecular weight excluding hydrogens is 144 g/mol. The Kier molecular flexibility index (Phi) is 1.77. The Bertz CT molecular complexity index is 180. The van der Waals surface area contributed by atoms with E-state index in [1.54, 1.807) is 16.8 Å². The van der Waals surface area contributed by atoms with Crippen molar-refractivity contribution in [2.24, 2.45) is 0 Å². The maximum absolute atomic E-state index is 10.1. The summed E-state index contributed by atoms with van der Waals surface area (Å²) in [6, 6.07) is 1.56.